The Morgan fingerprint density at radius 2 is 1.97 bits per heavy atom. The number of halogens is 5. The predicted molar refractivity (Wildman–Crippen MR) is 140 cm³/mol. The van der Waals surface area contributed by atoms with Gasteiger partial charge >= 0.3 is 0 Å². The number of allylic oxidation sites excluding steroid dienone is 2. The van der Waals surface area contributed by atoms with E-state index < -0.39 is 45.3 Å². The number of hydrogen-bond donors (Lipinski definition) is 0. The summed E-state index contributed by atoms with van der Waals surface area (Å²) in [7, 11) is -1.66. The van der Waals surface area contributed by atoms with Crippen LogP contribution in [0, 0.1) is 24.4 Å². The van der Waals surface area contributed by atoms with Crippen LogP contribution in [0.4, 0.5) is 17.6 Å². The van der Waals surface area contributed by atoms with Gasteiger partial charge in [0.25, 0.3) is 5.56 Å². The first-order valence-electron chi connectivity index (χ1n) is 11.5. The van der Waals surface area contributed by atoms with E-state index in [0.29, 0.717) is 17.7 Å². The van der Waals surface area contributed by atoms with Crippen LogP contribution in [0.15, 0.2) is 69.3 Å². The fourth-order valence-electron chi connectivity index (χ4n) is 4.22. The number of aryl methyl sites for hydroxylation is 1. The predicted octanol–water partition coefficient (Wildman–Crippen LogP) is 6.42. The van der Waals surface area contributed by atoms with Gasteiger partial charge in [0.1, 0.15) is 28.2 Å². The summed E-state index contributed by atoms with van der Waals surface area (Å²) in [4.78, 5) is 20.9. The fourth-order valence-corrected chi connectivity index (χ4v) is 5.13. The highest BCUT2D eigenvalue weighted by molar-refractivity contribution is 7.84. The number of aromatic nitrogens is 2. The summed E-state index contributed by atoms with van der Waals surface area (Å²) in [5.41, 5.74) is -0.516. The SMILES string of the molecule is C/C=C/N=C(/C(F)=C/n1c(C)cc(C2CC2c2ncc(F)cc2F)c(Cl)c1=O)c1cccc(S(C)=O)c1F. The third-order valence-corrected chi connectivity index (χ3v) is 7.45. The molecule has 0 radical (unpaired) electrons. The molecule has 1 saturated carbocycles. The van der Waals surface area contributed by atoms with Crippen LogP contribution in [0.5, 0.6) is 0 Å². The number of nitrogens with zero attached hydrogens (tertiary/aromatic N) is 3. The first-order valence-corrected chi connectivity index (χ1v) is 13.4. The fraction of sp³-hybridized carbons (Fsp3) is 0.222. The highest BCUT2D eigenvalue weighted by atomic mass is 35.5. The lowest BCUT2D eigenvalue weighted by molar-refractivity contribution is 0.557. The van der Waals surface area contributed by atoms with Crippen LogP contribution in [-0.2, 0) is 10.8 Å². The molecule has 2 heterocycles. The largest absolute Gasteiger partial charge is 0.284 e. The van der Waals surface area contributed by atoms with Gasteiger partial charge in [0.15, 0.2) is 5.83 Å². The number of rotatable bonds is 7. The second-order valence-electron chi connectivity index (χ2n) is 8.71. The number of hydrogen-bond acceptors (Lipinski definition) is 4. The summed E-state index contributed by atoms with van der Waals surface area (Å²) < 4.78 is 70.9. The van der Waals surface area contributed by atoms with Crippen molar-refractivity contribution in [3.63, 3.8) is 0 Å². The molecule has 0 aliphatic heterocycles. The molecule has 5 nitrogen and oxygen atoms in total. The van der Waals surface area contributed by atoms with E-state index >= 15 is 8.78 Å². The van der Waals surface area contributed by atoms with Crippen molar-refractivity contribution in [2.45, 2.75) is 37.0 Å². The van der Waals surface area contributed by atoms with Crippen LogP contribution in [-0.4, -0.2) is 25.7 Å². The molecule has 198 valence electrons. The van der Waals surface area contributed by atoms with Crippen molar-refractivity contribution >= 4 is 34.3 Å². The third-order valence-electron chi connectivity index (χ3n) is 6.13. The molecule has 0 bridgehead atoms. The molecular formula is C27H22ClF4N3O2S. The van der Waals surface area contributed by atoms with Crippen molar-refractivity contribution in [2.24, 2.45) is 4.99 Å². The normalized spacial score (nSPS) is 18.7. The minimum Gasteiger partial charge on any atom is -0.284 e. The van der Waals surface area contributed by atoms with E-state index in [-0.39, 0.29) is 33.0 Å². The van der Waals surface area contributed by atoms with Crippen LogP contribution in [0.2, 0.25) is 5.02 Å². The minimum atomic E-state index is -1.66. The molecule has 38 heavy (non-hydrogen) atoms. The molecule has 1 aromatic carbocycles. The van der Waals surface area contributed by atoms with Gasteiger partial charge in [-0.3, -0.25) is 23.5 Å². The van der Waals surface area contributed by atoms with Crippen molar-refractivity contribution in [1.29, 1.82) is 0 Å². The Morgan fingerprint density at radius 1 is 1.24 bits per heavy atom. The van der Waals surface area contributed by atoms with Crippen molar-refractivity contribution in [2.75, 3.05) is 6.26 Å². The van der Waals surface area contributed by atoms with E-state index in [0.717, 1.165) is 23.0 Å². The average molecular weight is 564 g/mol. The quantitative estimate of drug-likeness (QED) is 0.246. The lowest BCUT2D eigenvalue weighted by Gasteiger charge is -2.12. The maximum Gasteiger partial charge on any atom is 0.273 e. The van der Waals surface area contributed by atoms with Crippen LogP contribution in [0.3, 0.4) is 0 Å². The molecular weight excluding hydrogens is 542 g/mol. The maximum atomic E-state index is 15.6. The van der Waals surface area contributed by atoms with Gasteiger partial charge in [-0.25, -0.2) is 17.6 Å². The number of aliphatic imine (C=N–C) groups is 1. The number of pyridine rings is 2. The zero-order valence-electron chi connectivity index (χ0n) is 20.5. The minimum absolute atomic E-state index is 0.0855. The molecule has 0 N–H and O–H groups in total. The summed E-state index contributed by atoms with van der Waals surface area (Å²) in [6, 6.07) is 6.39. The van der Waals surface area contributed by atoms with Gasteiger partial charge in [-0.2, -0.15) is 0 Å². The summed E-state index contributed by atoms with van der Waals surface area (Å²) in [6.45, 7) is 3.20. The molecule has 4 rings (SSSR count). The summed E-state index contributed by atoms with van der Waals surface area (Å²) >= 11 is 6.37. The topological polar surface area (TPSA) is 64.3 Å². The average Bonchev–Trinajstić information content (AvgIpc) is 3.65. The lowest BCUT2D eigenvalue weighted by Crippen LogP contribution is -2.21. The van der Waals surface area contributed by atoms with Crippen molar-refractivity contribution in [1.82, 2.24) is 9.55 Å². The Bertz CT molecular complexity index is 1600. The van der Waals surface area contributed by atoms with E-state index in [9.17, 15) is 17.8 Å². The third kappa shape index (κ3) is 5.42. The van der Waals surface area contributed by atoms with Crippen molar-refractivity contribution < 1.29 is 21.8 Å². The van der Waals surface area contributed by atoms with Gasteiger partial charge < -0.3 is 0 Å². The summed E-state index contributed by atoms with van der Waals surface area (Å²) in [5, 5.41) is -0.184. The molecule has 11 heteroatoms. The van der Waals surface area contributed by atoms with Gasteiger partial charge in [-0.15, -0.1) is 0 Å². The zero-order valence-corrected chi connectivity index (χ0v) is 22.1. The van der Waals surface area contributed by atoms with E-state index in [1.807, 2.05) is 0 Å². The van der Waals surface area contributed by atoms with Crippen LogP contribution in [0.25, 0.3) is 6.20 Å². The second-order valence-corrected chi connectivity index (χ2v) is 10.4. The molecule has 1 fully saturated rings. The van der Waals surface area contributed by atoms with Crippen molar-refractivity contribution in [3.8, 4) is 0 Å². The Kier molecular flexibility index (Phi) is 8.13. The molecule has 3 atom stereocenters. The molecule has 1 aliphatic rings. The Balaban J connectivity index is 1.73. The Labute approximate surface area is 223 Å². The zero-order chi connectivity index (χ0) is 27.7. The van der Waals surface area contributed by atoms with Crippen LogP contribution in [0.1, 0.15) is 47.7 Å². The Hall–Kier alpha value is -3.37. The van der Waals surface area contributed by atoms with Crippen molar-refractivity contribution in [3.05, 3.63) is 110 Å². The van der Waals surface area contributed by atoms with Gasteiger partial charge in [0.05, 0.1) is 33.8 Å². The highest BCUT2D eigenvalue weighted by Gasteiger charge is 2.44. The van der Waals surface area contributed by atoms with Crippen LogP contribution >= 0.6 is 11.6 Å². The lowest BCUT2D eigenvalue weighted by atomic mass is 10.1. The summed E-state index contributed by atoms with van der Waals surface area (Å²) in [5.74, 6) is -4.19. The molecule has 1 aliphatic carbocycles. The molecule has 0 saturated heterocycles. The number of benzene rings is 1. The smallest absolute Gasteiger partial charge is 0.273 e. The van der Waals surface area contributed by atoms with E-state index in [1.54, 1.807) is 19.9 Å². The summed E-state index contributed by atoms with van der Waals surface area (Å²) in [6.07, 6.45) is 6.32. The van der Waals surface area contributed by atoms with Gasteiger partial charge in [-0.1, -0.05) is 23.7 Å². The molecule has 2 aromatic heterocycles. The van der Waals surface area contributed by atoms with E-state index in [1.165, 1.54) is 36.7 Å². The first-order chi connectivity index (χ1) is 18.0. The maximum absolute atomic E-state index is 15.6. The standard InChI is InChI=1S/C27H22ClF4N3O2S/c1-4-8-33-25(16-6-5-7-22(24(16)32)38(3)37)21(31)13-35-14(2)9-18(23(28)27(35)36)17-11-19(17)26-20(30)10-15(29)12-34-26/h4-10,12-13,17,19H,11H2,1-3H3/b8-4+,21-13-,33-25+. The molecule has 3 aromatic rings. The van der Waals surface area contributed by atoms with Crippen LogP contribution < -0.4 is 5.56 Å². The van der Waals surface area contributed by atoms with Gasteiger partial charge in [0, 0.05) is 35.7 Å². The van der Waals surface area contributed by atoms with Gasteiger partial charge in [-0.05, 0) is 49.9 Å². The van der Waals surface area contributed by atoms with E-state index in [2.05, 4.69) is 9.98 Å². The van der Waals surface area contributed by atoms with E-state index in [4.69, 9.17) is 11.6 Å². The second kappa shape index (κ2) is 11.2. The Morgan fingerprint density at radius 3 is 2.63 bits per heavy atom. The highest BCUT2D eigenvalue weighted by Crippen LogP contribution is 2.55. The van der Waals surface area contributed by atoms with Gasteiger partial charge in [0.2, 0.25) is 0 Å². The molecule has 3 unspecified atom stereocenters. The molecule has 0 spiro atoms. The first kappa shape index (κ1) is 27.7. The monoisotopic (exact) mass is 563 g/mol. The molecule has 0 amide bonds.